The van der Waals surface area contributed by atoms with Crippen LogP contribution >= 0.6 is 0 Å². The van der Waals surface area contributed by atoms with Crippen molar-refractivity contribution in [3.63, 3.8) is 0 Å². The average molecular weight is 159 g/mol. The van der Waals surface area contributed by atoms with Crippen molar-refractivity contribution < 1.29 is 9.18 Å². The van der Waals surface area contributed by atoms with Crippen LogP contribution in [-0.4, -0.2) is 18.1 Å². The largest absolute Gasteiger partial charge is 0.350 e. The molecule has 0 bridgehead atoms. The first kappa shape index (κ1) is 8.50. The summed E-state index contributed by atoms with van der Waals surface area (Å²) in [5.41, 5.74) is 0. The van der Waals surface area contributed by atoms with Gasteiger partial charge in [-0.1, -0.05) is 13.8 Å². The Morgan fingerprint density at radius 2 is 2.09 bits per heavy atom. The third kappa shape index (κ3) is 1.37. The molecule has 0 radical (unpaired) electrons. The van der Waals surface area contributed by atoms with E-state index >= 15 is 0 Å². The van der Waals surface area contributed by atoms with Crippen LogP contribution in [0.25, 0.3) is 0 Å². The highest BCUT2D eigenvalue weighted by Crippen LogP contribution is 2.24. The maximum atomic E-state index is 13.0. The summed E-state index contributed by atoms with van der Waals surface area (Å²) in [7, 11) is 0. The summed E-state index contributed by atoms with van der Waals surface area (Å²) in [5.74, 6) is -0.531. The first-order valence-corrected chi connectivity index (χ1v) is 4.15. The number of carbonyl (C=O) groups is 1. The lowest BCUT2D eigenvalue weighted by molar-refractivity contribution is -0.123. The number of hydrogen-bond donors (Lipinski definition) is 1. The summed E-state index contributed by atoms with van der Waals surface area (Å²) in [6.45, 7) is 3.88. The van der Waals surface area contributed by atoms with Gasteiger partial charge in [-0.15, -0.1) is 0 Å². The third-order valence-electron chi connectivity index (χ3n) is 2.38. The molecule has 3 unspecified atom stereocenters. The highest BCUT2D eigenvalue weighted by molar-refractivity contribution is 5.83. The Hall–Kier alpha value is -0.600. The van der Waals surface area contributed by atoms with Crippen LogP contribution in [0, 0.1) is 5.92 Å². The predicted octanol–water partition coefficient (Wildman–Crippen LogP) is 1.26. The summed E-state index contributed by atoms with van der Waals surface area (Å²) in [5, 5.41) is 2.64. The fourth-order valence-corrected chi connectivity index (χ4v) is 1.66. The lowest BCUT2D eigenvalue weighted by Crippen LogP contribution is -2.27. The van der Waals surface area contributed by atoms with Gasteiger partial charge in [-0.25, -0.2) is 4.39 Å². The molecule has 0 spiro atoms. The van der Waals surface area contributed by atoms with Crippen molar-refractivity contribution in [3.8, 4) is 0 Å². The van der Waals surface area contributed by atoms with Crippen molar-refractivity contribution >= 4 is 5.91 Å². The normalized spacial score (nSPS) is 37.4. The van der Waals surface area contributed by atoms with Gasteiger partial charge < -0.3 is 5.32 Å². The van der Waals surface area contributed by atoms with E-state index < -0.39 is 12.1 Å². The van der Waals surface area contributed by atoms with Crippen LogP contribution in [0.15, 0.2) is 0 Å². The minimum atomic E-state index is -1.27. The van der Waals surface area contributed by atoms with Crippen molar-refractivity contribution in [2.45, 2.75) is 38.9 Å². The topological polar surface area (TPSA) is 29.1 Å². The van der Waals surface area contributed by atoms with E-state index in [0.29, 0.717) is 0 Å². The maximum Gasteiger partial charge on any atom is 0.255 e. The molecule has 0 aliphatic carbocycles. The Balaban J connectivity index is 2.64. The first-order valence-electron chi connectivity index (χ1n) is 4.15. The van der Waals surface area contributed by atoms with E-state index in [1.54, 1.807) is 0 Å². The first-order chi connectivity index (χ1) is 5.20. The zero-order chi connectivity index (χ0) is 8.43. The van der Waals surface area contributed by atoms with Crippen molar-refractivity contribution in [2.75, 3.05) is 0 Å². The quantitative estimate of drug-likeness (QED) is 0.645. The van der Waals surface area contributed by atoms with Gasteiger partial charge >= 0.3 is 0 Å². The molecule has 0 saturated carbocycles. The molecular formula is C8H14FNO. The molecule has 2 nitrogen and oxygen atoms in total. The standard InChI is InChI=1S/C8H14FNO/c1-3-5-6(4-2)10-8(11)7(5)9/h5-7H,3-4H2,1-2H3,(H,10,11). The molecule has 1 amide bonds. The number of rotatable bonds is 2. The molecule has 1 aliphatic rings. The molecule has 3 heteroatoms. The summed E-state index contributed by atoms with van der Waals surface area (Å²) in [6.07, 6.45) is 0.285. The van der Waals surface area contributed by atoms with Crippen molar-refractivity contribution in [3.05, 3.63) is 0 Å². The monoisotopic (exact) mass is 159 g/mol. The van der Waals surface area contributed by atoms with Crippen molar-refractivity contribution in [1.82, 2.24) is 5.32 Å². The highest BCUT2D eigenvalue weighted by atomic mass is 19.1. The molecule has 0 aromatic rings. The van der Waals surface area contributed by atoms with Crippen molar-refractivity contribution in [1.29, 1.82) is 0 Å². The fourth-order valence-electron chi connectivity index (χ4n) is 1.66. The van der Waals surface area contributed by atoms with E-state index in [4.69, 9.17) is 0 Å². The second-order valence-electron chi connectivity index (χ2n) is 3.00. The van der Waals surface area contributed by atoms with Crippen LogP contribution in [0.4, 0.5) is 4.39 Å². The molecule has 1 heterocycles. The third-order valence-corrected chi connectivity index (χ3v) is 2.38. The minimum Gasteiger partial charge on any atom is -0.350 e. The second kappa shape index (κ2) is 3.20. The van der Waals surface area contributed by atoms with Gasteiger partial charge in [0.05, 0.1) is 0 Å². The summed E-state index contributed by atoms with van der Waals surface area (Å²) in [4.78, 5) is 10.8. The summed E-state index contributed by atoms with van der Waals surface area (Å²) >= 11 is 0. The maximum absolute atomic E-state index is 13.0. The lowest BCUT2D eigenvalue weighted by Gasteiger charge is -2.14. The van der Waals surface area contributed by atoms with Crippen LogP contribution in [0.1, 0.15) is 26.7 Å². The van der Waals surface area contributed by atoms with Gasteiger partial charge in [-0.3, -0.25) is 4.79 Å². The molecular weight excluding hydrogens is 145 g/mol. The number of alkyl halides is 1. The van der Waals surface area contributed by atoms with Crippen LogP contribution in [0.3, 0.4) is 0 Å². The molecule has 0 aromatic heterocycles. The van der Waals surface area contributed by atoms with E-state index in [9.17, 15) is 9.18 Å². The van der Waals surface area contributed by atoms with Gasteiger partial charge in [0.25, 0.3) is 5.91 Å². The van der Waals surface area contributed by atoms with Crippen LogP contribution in [0.2, 0.25) is 0 Å². The van der Waals surface area contributed by atoms with Crippen LogP contribution < -0.4 is 5.32 Å². The summed E-state index contributed by atoms with van der Waals surface area (Å²) in [6, 6.07) is 0.0579. The SMILES string of the molecule is CCC1NC(=O)C(F)C1CC. The molecule has 11 heavy (non-hydrogen) atoms. The molecule has 1 N–H and O–H groups in total. The Morgan fingerprint density at radius 3 is 2.45 bits per heavy atom. The smallest absolute Gasteiger partial charge is 0.255 e. The molecule has 1 rings (SSSR count). The molecule has 1 fully saturated rings. The number of hydrogen-bond acceptors (Lipinski definition) is 1. The Labute approximate surface area is 66.2 Å². The molecule has 1 saturated heterocycles. The van der Waals surface area contributed by atoms with Gasteiger partial charge in [-0.2, -0.15) is 0 Å². The van der Waals surface area contributed by atoms with Gasteiger partial charge in [0.15, 0.2) is 6.17 Å². The van der Waals surface area contributed by atoms with Gasteiger partial charge in [0, 0.05) is 12.0 Å². The summed E-state index contributed by atoms with van der Waals surface area (Å²) < 4.78 is 13.0. The fraction of sp³-hybridized carbons (Fsp3) is 0.875. The van der Waals surface area contributed by atoms with E-state index in [2.05, 4.69) is 5.32 Å². The number of carbonyl (C=O) groups excluding carboxylic acids is 1. The molecule has 1 aliphatic heterocycles. The van der Waals surface area contributed by atoms with Crippen LogP contribution in [-0.2, 0) is 4.79 Å². The molecule has 64 valence electrons. The lowest BCUT2D eigenvalue weighted by atomic mass is 9.95. The molecule has 3 atom stereocenters. The average Bonchev–Trinajstić information content (AvgIpc) is 2.28. The zero-order valence-electron chi connectivity index (χ0n) is 6.93. The predicted molar refractivity (Wildman–Crippen MR) is 40.9 cm³/mol. The molecule has 0 aromatic carbocycles. The van der Waals surface area contributed by atoms with E-state index in [0.717, 1.165) is 12.8 Å². The number of nitrogens with one attached hydrogen (secondary N) is 1. The number of amides is 1. The van der Waals surface area contributed by atoms with E-state index in [1.807, 2.05) is 13.8 Å². The minimum absolute atomic E-state index is 0.0579. The second-order valence-corrected chi connectivity index (χ2v) is 3.00. The van der Waals surface area contributed by atoms with E-state index in [-0.39, 0.29) is 12.0 Å². The van der Waals surface area contributed by atoms with Gasteiger partial charge in [0.2, 0.25) is 0 Å². The Bertz CT molecular complexity index is 160. The zero-order valence-corrected chi connectivity index (χ0v) is 6.93. The van der Waals surface area contributed by atoms with E-state index in [1.165, 1.54) is 0 Å². The van der Waals surface area contributed by atoms with Gasteiger partial charge in [0.1, 0.15) is 0 Å². The van der Waals surface area contributed by atoms with Crippen LogP contribution in [0.5, 0.6) is 0 Å². The van der Waals surface area contributed by atoms with Crippen molar-refractivity contribution in [2.24, 2.45) is 5.92 Å². The number of halogens is 1. The van der Waals surface area contributed by atoms with Gasteiger partial charge in [-0.05, 0) is 12.8 Å². The highest BCUT2D eigenvalue weighted by Gasteiger charge is 2.40. The Morgan fingerprint density at radius 1 is 1.45 bits per heavy atom. The Kier molecular flexibility index (Phi) is 2.47.